The van der Waals surface area contributed by atoms with E-state index in [0.717, 1.165) is 10.9 Å². The molecule has 0 atom stereocenters. The molecule has 2 N–H and O–H groups in total. The van der Waals surface area contributed by atoms with Crippen molar-refractivity contribution in [2.24, 2.45) is 11.3 Å². The maximum atomic E-state index is 13.2. The summed E-state index contributed by atoms with van der Waals surface area (Å²) in [7, 11) is 0. The van der Waals surface area contributed by atoms with Gasteiger partial charge in [0.05, 0.1) is 17.2 Å². The van der Waals surface area contributed by atoms with Gasteiger partial charge in [0.15, 0.2) is 0 Å². The van der Waals surface area contributed by atoms with Crippen LogP contribution in [0.2, 0.25) is 0 Å². The third-order valence-corrected chi connectivity index (χ3v) is 3.76. The van der Waals surface area contributed by atoms with Crippen LogP contribution in [0.15, 0.2) is 6.20 Å². The molecule has 22 heavy (non-hydrogen) atoms. The summed E-state index contributed by atoms with van der Waals surface area (Å²) in [5, 5.41) is 15.3. The Hall–Kier alpha value is -1.99. The van der Waals surface area contributed by atoms with Gasteiger partial charge in [-0.05, 0) is 18.8 Å². The molecule has 1 aromatic heterocycles. The third kappa shape index (κ3) is 3.26. The fourth-order valence-electron chi connectivity index (χ4n) is 2.25. The fraction of sp³-hybridized carbons (Fsp3) is 0.643. The number of alkyl halides is 2. The van der Waals surface area contributed by atoms with Crippen molar-refractivity contribution < 1.29 is 23.5 Å². The molecule has 0 unspecified atom stereocenters. The van der Waals surface area contributed by atoms with Gasteiger partial charge in [-0.25, -0.2) is 8.78 Å². The summed E-state index contributed by atoms with van der Waals surface area (Å²) in [5.74, 6) is -1.58. The van der Waals surface area contributed by atoms with Crippen LogP contribution < -0.4 is 5.32 Å². The number of hydrogen-bond donors (Lipinski definition) is 2. The lowest BCUT2D eigenvalue weighted by Gasteiger charge is -2.13. The normalized spacial score (nSPS) is 16.1. The number of carboxylic acids is 1. The highest BCUT2D eigenvalue weighted by Crippen LogP contribution is 2.45. The van der Waals surface area contributed by atoms with Gasteiger partial charge in [0, 0.05) is 13.1 Å². The summed E-state index contributed by atoms with van der Waals surface area (Å²) >= 11 is 0. The molecular weight excluding hydrogens is 296 g/mol. The highest BCUT2D eigenvalue weighted by atomic mass is 19.3. The number of amides is 1. The molecule has 0 aromatic carbocycles. The SMILES string of the molecule is CC(C)Cn1ncc(C(=O)NCC2(C(=O)O)CC2)c1C(F)F. The number of halogens is 2. The van der Waals surface area contributed by atoms with Crippen LogP contribution in [-0.2, 0) is 11.3 Å². The van der Waals surface area contributed by atoms with Crippen LogP contribution in [0.25, 0.3) is 0 Å². The van der Waals surface area contributed by atoms with E-state index in [9.17, 15) is 18.4 Å². The number of carbonyl (C=O) groups is 2. The van der Waals surface area contributed by atoms with Crippen LogP contribution in [-0.4, -0.2) is 33.3 Å². The van der Waals surface area contributed by atoms with Gasteiger partial charge in [0.1, 0.15) is 5.69 Å². The van der Waals surface area contributed by atoms with Gasteiger partial charge in [-0.15, -0.1) is 0 Å². The second-order valence-corrected chi connectivity index (χ2v) is 6.09. The first-order valence-electron chi connectivity index (χ1n) is 7.12. The standard InChI is InChI=1S/C14H19F2N3O3/c1-8(2)6-19-10(11(15)16)9(5-18-19)12(20)17-7-14(3-4-14)13(21)22/h5,8,11H,3-4,6-7H2,1-2H3,(H,17,20)(H,21,22). The number of carboxylic acid groups (broad SMARTS) is 1. The molecule has 6 nitrogen and oxygen atoms in total. The van der Waals surface area contributed by atoms with Gasteiger partial charge in [-0.3, -0.25) is 14.3 Å². The molecule has 0 radical (unpaired) electrons. The number of nitrogens with zero attached hydrogens (tertiary/aromatic N) is 2. The number of aliphatic carboxylic acids is 1. The van der Waals surface area contributed by atoms with Crippen molar-refractivity contribution >= 4 is 11.9 Å². The molecular formula is C14H19F2N3O3. The van der Waals surface area contributed by atoms with Gasteiger partial charge in [-0.1, -0.05) is 13.8 Å². The molecule has 122 valence electrons. The lowest BCUT2D eigenvalue weighted by atomic mass is 10.1. The van der Waals surface area contributed by atoms with E-state index < -0.39 is 29.4 Å². The second-order valence-electron chi connectivity index (χ2n) is 6.09. The summed E-state index contributed by atoms with van der Waals surface area (Å²) in [6, 6.07) is 0. The Morgan fingerprint density at radius 2 is 2.09 bits per heavy atom. The molecule has 0 spiro atoms. The zero-order valence-electron chi connectivity index (χ0n) is 12.5. The highest BCUT2D eigenvalue weighted by Gasteiger charge is 2.50. The van der Waals surface area contributed by atoms with Gasteiger partial charge in [-0.2, -0.15) is 5.10 Å². The largest absolute Gasteiger partial charge is 0.481 e. The molecule has 0 aliphatic heterocycles. The van der Waals surface area contributed by atoms with Crippen molar-refractivity contribution in [3.05, 3.63) is 17.5 Å². The molecule has 1 aliphatic carbocycles. The summed E-state index contributed by atoms with van der Waals surface area (Å²) in [4.78, 5) is 23.1. The summed E-state index contributed by atoms with van der Waals surface area (Å²) in [6.45, 7) is 3.95. The number of hydrogen-bond acceptors (Lipinski definition) is 3. The van der Waals surface area contributed by atoms with Crippen molar-refractivity contribution in [2.75, 3.05) is 6.54 Å². The minimum atomic E-state index is -2.82. The first-order valence-corrected chi connectivity index (χ1v) is 7.12. The monoisotopic (exact) mass is 315 g/mol. The first kappa shape index (κ1) is 16.4. The molecule has 1 aromatic rings. The summed E-state index contributed by atoms with van der Waals surface area (Å²) in [6.07, 6.45) is -0.746. The summed E-state index contributed by atoms with van der Waals surface area (Å²) in [5.41, 5.74) is -1.56. The average Bonchev–Trinajstić information content (AvgIpc) is 3.10. The third-order valence-electron chi connectivity index (χ3n) is 3.76. The van der Waals surface area contributed by atoms with E-state index in [1.165, 1.54) is 0 Å². The maximum absolute atomic E-state index is 13.2. The average molecular weight is 315 g/mol. The van der Waals surface area contributed by atoms with Crippen LogP contribution in [0, 0.1) is 11.3 Å². The number of aromatic nitrogens is 2. The molecule has 0 bridgehead atoms. The molecule has 1 amide bonds. The van der Waals surface area contributed by atoms with Gasteiger partial charge < -0.3 is 10.4 Å². The van der Waals surface area contributed by atoms with Crippen molar-refractivity contribution in [3.63, 3.8) is 0 Å². The Labute approximate surface area is 126 Å². The molecule has 8 heteroatoms. The Bertz CT molecular complexity index is 580. The van der Waals surface area contributed by atoms with E-state index >= 15 is 0 Å². The lowest BCUT2D eigenvalue weighted by Crippen LogP contribution is -2.34. The Balaban J connectivity index is 2.12. The second kappa shape index (κ2) is 6.02. The van der Waals surface area contributed by atoms with Crippen LogP contribution in [0.4, 0.5) is 8.78 Å². The highest BCUT2D eigenvalue weighted by molar-refractivity contribution is 5.95. The van der Waals surface area contributed by atoms with Crippen LogP contribution in [0.3, 0.4) is 0 Å². The van der Waals surface area contributed by atoms with E-state index in [4.69, 9.17) is 5.11 Å². The van der Waals surface area contributed by atoms with Crippen molar-refractivity contribution in [3.8, 4) is 0 Å². The Kier molecular flexibility index (Phi) is 4.48. The maximum Gasteiger partial charge on any atom is 0.311 e. The van der Waals surface area contributed by atoms with Gasteiger partial charge >= 0.3 is 5.97 Å². The van der Waals surface area contributed by atoms with Crippen LogP contribution in [0.1, 0.15) is 49.2 Å². The molecule has 1 fully saturated rings. The molecule has 1 saturated carbocycles. The predicted molar refractivity (Wildman–Crippen MR) is 73.7 cm³/mol. The molecule has 1 heterocycles. The minimum absolute atomic E-state index is 0.0563. The van der Waals surface area contributed by atoms with E-state index in [1.807, 2.05) is 13.8 Å². The molecule has 1 aliphatic rings. The quantitative estimate of drug-likeness (QED) is 0.807. The fourth-order valence-corrected chi connectivity index (χ4v) is 2.25. The lowest BCUT2D eigenvalue weighted by molar-refractivity contribution is -0.143. The van der Waals surface area contributed by atoms with E-state index in [0.29, 0.717) is 12.8 Å². The van der Waals surface area contributed by atoms with Crippen LogP contribution in [0.5, 0.6) is 0 Å². The first-order chi connectivity index (χ1) is 10.3. The minimum Gasteiger partial charge on any atom is -0.481 e. The topological polar surface area (TPSA) is 84.2 Å². The van der Waals surface area contributed by atoms with Crippen molar-refractivity contribution in [1.82, 2.24) is 15.1 Å². The zero-order chi connectivity index (χ0) is 16.5. The zero-order valence-corrected chi connectivity index (χ0v) is 12.5. The predicted octanol–water partition coefficient (Wildman–Crippen LogP) is 2.07. The van der Waals surface area contributed by atoms with Crippen molar-refractivity contribution in [2.45, 2.75) is 39.7 Å². The van der Waals surface area contributed by atoms with E-state index in [-0.39, 0.29) is 24.6 Å². The van der Waals surface area contributed by atoms with E-state index in [1.54, 1.807) is 0 Å². The molecule has 0 saturated heterocycles. The Morgan fingerprint density at radius 1 is 1.45 bits per heavy atom. The van der Waals surface area contributed by atoms with Crippen molar-refractivity contribution in [1.29, 1.82) is 0 Å². The Morgan fingerprint density at radius 3 is 2.55 bits per heavy atom. The summed E-state index contributed by atoms with van der Waals surface area (Å²) < 4.78 is 27.6. The number of nitrogens with one attached hydrogen (secondary N) is 1. The van der Waals surface area contributed by atoms with Gasteiger partial charge in [0.2, 0.25) is 0 Å². The van der Waals surface area contributed by atoms with E-state index in [2.05, 4.69) is 10.4 Å². The number of carbonyl (C=O) groups excluding carboxylic acids is 1. The number of rotatable bonds is 7. The van der Waals surface area contributed by atoms with Gasteiger partial charge in [0.25, 0.3) is 12.3 Å². The smallest absolute Gasteiger partial charge is 0.311 e. The molecule has 2 rings (SSSR count). The van der Waals surface area contributed by atoms with Crippen LogP contribution >= 0.6 is 0 Å².